The summed E-state index contributed by atoms with van der Waals surface area (Å²) in [7, 11) is 8.58. The second-order valence-corrected chi connectivity index (χ2v) is 16.3. The summed E-state index contributed by atoms with van der Waals surface area (Å²) in [6, 6.07) is 16.8. The van der Waals surface area contributed by atoms with Crippen LogP contribution in [-0.4, -0.2) is 97.7 Å². The molecule has 6 bridgehead atoms. The number of likely N-dealkylation sites (N-methyl/N-ethyl adjacent to an activating group) is 2. The van der Waals surface area contributed by atoms with Crippen molar-refractivity contribution in [1.29, 1.82) is 0 Å². The minimum Gasteiger partial charge on any atom is -0.493 e. The van der Waals surface area contributed by atoms with Gasteiger partial charge in [-0.15, -0.1) is 0 Å². The zero-order valence-electron chi connectivity index (χ0n) is 35.0. The summed E-state index contributed by atoms with van der Waals surface area (Å²) in [5.74, 6) is 0.584. The number of aliphatic carboxylic acids is 2. The van der Waals surface area contributed by atoms with Gasteiger partial charge in [0.15, 0.2) is 46.6 Å². The molecule has 0 aliphatic carbocycles. The number of nitrogens with zero attached hydrogens (tertiary/aromatic N) is 2. The Balaban J connectivity index is 1.56. The first-order chi connectivity index (χ1) is 28.1. The number of ether oxygens (including phenoxy) is 6. The zero-order valence-corrected chi connectivity index (χ0v) is 35.0. The third-order valence-electron chi connectivity index (χ3n) is 13.3. The highest BCUT2D eigenvalue weighted by atomic mass is 16.6. The Morgan fingerprint density at radius 2 is 1.27 bits per heavy atom. The minimum absolute atomic E-state index is 0.0728. The van der Waals surface area contributed by atoms with E-state index in [0.717, 1.165) is 27.8 Å². The number of carbonyl (C=O) groups excluding carboxylic acids is 1. The van der Waals surface area contributed by atoms with E-state index in [0.29, 0.717) is 78.8 Å². The molecule has 0 fully saturated rings. The van der Waals surface area contributed by atoms with Crippen LogP contribution in [0.3, 0.4) is 0 Å². The van der Waals surface area contributed by atoms with Gasteiger partial charge in [0.2, 0.25) is 5.75 Å². The van der Waals surface area contributed by atoms with Gasteiger partial charge in [0.05, 0.1) is 54.1 Å². The fraction of sp³-hybridized carbons (Fsp3) is 0.413. The van der Waals surface area contributed by atoms with E-state index in [4.69, 9.17) is 28.4 Å². The van der Waals surface area contributed by atoms with E-state index in [1.54, 1.807) is 35.0 Å². The largest absolute Gasteiger partial charge is 0.493 e. The summed E-state index contributed by atoms with van der Waals surface area (Å²) >= 11 is 0. The number of methoxy groups -OCH3 is 3. The maximum absolute atomic E-state index is 13.2. The van der Waals surface area contributed by atoms with Crippen LogP contribution in [0.1, 0.15) is 72.7 Å². The maximum atomic E-state index is 13.2. The van der Waals surface area contributed by atoms with Crippen LogP contribution in [0.4, 0.5) is 0 Å². The lowest BCUT2D eigenvalue weighted by atomic mass is 9.84. The number of benzene rings is 4. The van der Waals surface area contributed by atoms with Crippen molar-refractivity contribution in [3.8, 4) is 46.0 Å². The summed E-state index contributed by atoms with van der Waals surface area (Å²) in [5, 5.41) is 21.0. The molecule has 4 aromatic rings. The molecule has 13 heteroatoms. The Kier molecular flexibility index (Phi) is 11.3. The van der Waals surface area contributed by atoms with E-state index in [9.17, 15) is 24.6 Å². The monoisotopic (exact) mass is 810 g/mol. The van der Waals surface area contributed by atoms with Gasteiger partial charge in [-0.3, -0.25) is 4.79 Å². The molecule has 2 N–H and O–H groups in total. The number of rotatable bonds is 9. The number of esters is 1. The average Bonchev–Trinajstić information content (AvgIpc) is 3.23. The molecule has 4 aliphatic heterocycles. The van der Waals surface area contributed by atoms with Crippen LogP contribution >= 0.6 is 0 Å². The van der Waals surface area contributed by atoms with Crippen molar-refractivity contribution in [1.82, 2.24) is 0 Å². The van der Waals surface area contributed by atoms with Crippen molar-refractivity contribution in [2.45, 2.75) is 77.0 Å². The van der Waals surface area contributed by atoms with Crippen molar-refractivity contribution in [2.24, 2.45) is 0 Å². The molecule has 0 amide bonds. The Labute approximate surface area is 344 Å². The predicted molar refractivity (Wildman–Crippen MR) is 218 cm³/mol. The van der Waals surface area contributed by atoms with Crippen molar-refractivity contribution in [2.75, 3.05) is 48.5 Å². The summed E-state index contributed by atoms with van der Waals surface area (Å²) in [6.45, 7) is 6.22. The molecule has 4 aromatic carbocycles. The van der Waals surface area contributed by atoms with Crippen LogP contribution in [0.2, 0.25) is 0 Å². The minimum atomic E-state index is -0.953. The quantitative estimate of drug-likeness (QED) is 0.0988. The second kappa shape index (κ2) is 16.1. The molecular weight excluding hydrogens is 757 g/mol. The van der Waals surface area contributed by atoms with Crippen LogP contribution in [0.5, 0.6) is 46.0 Å². The van der Waals surface area contributed by atoms with Crippen LogP contribution in [-0.2, 0) is 40.1 Å². The number of carbonyl (C=O) groups is 3. The van der Waals surface area contributed by atoms with Gasteiger partial charge in [0.25, 0.3) is 0 Å². The fourth-order valence-electron chi connectivity index (χ4n) is 9.19. The molecule has 4 aliphatic rings. The standard InChI is InChI=1S/C46H52N2O11/c1-9-41(49)59-43-40(56-8)24-31-17-19-48(5,27(3)46(52)53)35-21-29-12-15-36(54-6)38(22-29)57-32-13-10-28(11-14-32)20-34-33-25-39(58-44(43)42(31)35)37(55-7)23-30(33)16-18-47(34,4)26(2)45(50)51/h10-15,22-27,34-35H,9,16-21H2,1-8H3/p+2. The molecule has 8 rings (SSSR count). The third-order valence-corrected chi connectivity index (χ3v) is 13.3. The van der Waals surface area contributed by atoms with Gasteiger partial charge in [0, 0.05) is 37.7 Å². The van der Waals surface area contributed by atoms with Crippen LogP contribution in [0, 0.1) is 0 Å². The van der Waals surface area contributed by atoms with Gasteiger partial charge in [0.1, 0.15) is 17.8 Å². The fourth-order valence-corrected chi connectivity index (χ4v) is 9.19. The van der Waals surface area contributed by atoms with E-state index < -0.39 is 36.0 Å². The average molecular weight is 811 g/mol. The van der Waals surface area contributed by atoms with E-state index in [1.165, 1.54) is 7.11 Å². The molecule has 0 aromatic heterocycles. The SMILES string of the molecule is CCC(=O)Oc1c(OC)cc2c3c1Oc1cc4c(cc1OC)CC[N+](C)(C(C)C(=O)O)C4Cc1ccc(cc1)Oc1cc(ccc1OC)CC3[N+](C)(C(C)C(=O)O)CC2. The number of hydrogen-bond acceptors (Lipinski definition) is 9. The molecule has 13 nitrogen and oxygen atoms in total. The van der Waals surface area contributed by atoms with Gasteiger partial charge in [-0.25, -0.2) is 9.59 Å². The Bertz CT molecular complexity index is 2290. The zero-order chi connectivity index (χ0) is 42.4. The number of carboxylic acid groups (broad SMARTS) is 2. The Hall–Kier alpha value is -5.79. The molecular formula is C46H54N2O11+2. The van der Waals surface area contributed by atoms with E-state index in [2.05, 4.69) is 0 Å². The molecule has 59 heavy (non-hydrogen) atoms. The lowest BCUT2D eigenvalue weighted by molar-refractivity contribution is -0.954. The van der Waals surface area contributed by atoms with Crippen molar-refractivity contribution >= 4 is 17.9 Å². The second-order valence-electron chi connectivity index (χ2n) is 16.3. The van der Waals surface area contributed by atoms with Crippen molar-refractivity contribution in [3.63, 3.8) is 0 Å². The number of carboxylic acids is 2. The highest BCUT2D eigenvalue weighted by Crippen LogP contribution is 2.54. The number of hydrogen-bond donors (Lipinski definition) is 2. The lowest BCUT2D eigenvalue weighted by Crippen LogP contribution is -2.59. The molecule has 0 saturated carbocycles. The highest BCUT2D eigenvalue weighted by molar-refractivity contribution is 5.76. The maximum Gasteiger partial charge on any atom is 0.362 e. The van der Waals surface area contributed by atoms with Crippen molar-refractivity contribution < 1.29 is 62.0 Å². The van der Waals surface area contributed by atoms with Gasteiger partial charge in [-0.1, -0.05) is 25.1 Å². The lowest BCUT2D eigenvalue weighted by Gasteiger charge is -2.48. The first-order valence-electron chi connectivity index (χ1n) is 20.1. The van der Waals surface area contributed by atoms with E-state index in [-0.39, 0.29) is 32.9 Å². The molecule has 6 atom stereocenters. The molecule has 4 heterocycles. The molecule has 312 valence electrons. The van der Waals surface area contributed by atoms with Crippen LogP contribution in [0.15, 0.2) is 60.7 Å². The molecule has 0 spiro atoms. The van der Waals surface area contributed by atoms with Crippen LogP contribution < -0.4 is 28.4 Å². The predicted octanol–water partition coefficient (Wildman–Crippen LogP) is 7.45. The summed E-state index contributed by atoms with van der Waals surface area (Å²) in [5.41, 5.74) is 5.29. The summed E-state index contributed by atoms with van der Waals surface area (Å²) < 4.78 is 37.7. The van der Waals surface area contributed by atoms with E-state index >= 15 is 0 Å². The van der Waals surface area contributed by atoms with E-state index in [1.807, 2.05) is 74.8 Å². The highest BCUT2D eigenvalue weighted by Gasteiger charge is 2.50. The van der Waals surface area contributed by atoms with Crippen molar-refractivity contribution in [3.05, 3.63) is 94.0 Å². The molecule has 0 saturated heterocycles. The normalized spacial score (nSPS) is 22.8. The smallest absolute Gasteiger partial charge is 0.362 e. The number of quaternary nitrogens is 2. The number of fused-ring (bicyclic) bond motifs is 2. The summed E-state index contributed by atoms with van der Waals surface area (Å²) in [4.78, 5) is 38.9. The molecule has 6 unspecified atom stereocenters. The van der Waals surface area contributed by atoms with Gasteiger partial charge >= 0.3 is 17.9 Å². The van der Waals surface area contributed by atoms with Gasteiger partial charge < -0.3 is 47.6 Å². The molecule has 0 radical (unpaired) electrons. The first kappa shape index (κ1) is 41.4. The summed E-state index contributed by atoms with van der Waals surface area (Å²) in [6.07, 6.45) is 2.00. The van der Waals surface area contributed by atoms with Gasteiger partial charge in [-0.05, 0) is 78.6 Å². The van der Waals surface area contributed by atoms with Gasteiger partial charge in [-0.2, -0.15) is 0 Å². The Morgan fingerprint density at radius 1 is 0.712 bits per heavy atom. The van der Waals surface area contributed by atoms with Crippen LogP contribution in [0.25, 0.3) is 0 Å². The Morgan fingerprint density at radius 3 is 1.88 bits per heavy atom. The topological polar surface area (TPSA) is 147 Å². The third kappa shape index (κ3) is 7.42. The first-order valence-corrected chi connectivity index (χ1v) is 20.1.